The number of halogens is 1. The van der Waals surface area contributed by atoms with Crippen LogP contribution in [-0.4, -0.2) is 13.7 Å². The fourth-order valence-electron chi connectivity index (χ4n) is 3.89. The van der Waals surface area contributed by atoms with E-state index >= 15 is 0 Å². The zero-order valence-electron chi connectivity index (χ0n) is 13.0. The molecule has 2 aliphatic rings. The highest BCUT2D eigenvalue weighted by atomic mass is 79.9. The summed E-state index contributed by atoms with van der Waals surface area (Å²) >= 11 is 3.66. The van der Waals surface area contributed by atoms with E-state index in [1.807, 2.05) is 0 Å². The summed E-state index contributed by atoms with van der Waals surface area (Å²) in [6.07, 6.45) is 10.8. The molecular formula is C18H26BrNO. The van der Waals surface area contributed by atoms with Crippen LogP contribution in [0.3, 0.4) is 0 Å². The lowest BCUT2D eigenvalue weighted by molar-refractivity contribution is 0.312. The first-order chi connectivity index (χ1) is 10.3. The molecule has 1 aromatic rings. The molecule has 1 heterocycles. The summed E-state index contributed by atoms with van der Waals surface area (Å²) < 4.78 is 7.08. The molecule has 1 aliphatic heterocycles. The highest BCUT2D eigenvalue weighted by molar-refractivity contribution is 9.10. The highest BCUT2D eigenvalue weighted by Crippen LogP contribution is 2.39. The zero-order valence-corrected chi connectivity index (χ0v) is 14.5. The van der Waals surface area contributed by atoms with Crippen LogP contribution < -0.4 is 10.1 Å². The third-order valence-electron chi connectivity index (χ3n) is 5.09. The van der Waals surface area contributed by atoms with Crippen molar-refractivity contribution in [3.63, 3.8) is 0 Å². The molecule has 1 N–H and O–H groups in total. The summed E-state index contributed by atoms with van der Waals surface area (Å²) in [4.78, 5) is 0. The van der Waals surface area contributed by atoms with Crippen molar-refractivity contribution in [3.8, 4) is 5.75 Å². The van der Waals surface area contributed by atoms with E-state index in [1.165, 1.54) is 60.5 Å². The topological polar surface area (TPSA) is 21.3 Å². The van der Waals surface area contributed by atoms with E-state index in [-0.39, 0.29) is 0 Å². The summed E-state index contributed by atoms with van der Waals surface area (Å²) in [5, 5.41) is 3.51. The van der Waals surface area contributed by atoms with Crippen molar-refractivity contribution in [2.24, 2.45) is 5.92 Å². The smallest absolute Gasteiger partial charge is 0.127 e. The van der Waals surface area contributed by atoms with E-state index in [4.69, 9.17) is 4.74 Å². The predicted molar refractivity (Wildman–Crippen MR) is 91.0 cm³/mol. The Morgan fingerprint density at radius 2 is 2.10 bits per heavy atom. The zero-order chi connectivity index (χ0) is 14.7. The molecule has 3 heteroatoms. The minimum Gasteiger partial charge on any atom is -0.493 e. The largest absolute Gasteiger partial charge is 0.493 e. The molecule has 0 spiro atoms. The van der Waals surface area contributed by atoms with Gasteiger partial charge in [0.15, 0.2) is 0 Å². The molecule has 3 rings (SSSR count). The Bertz CT molecular complexity index is 482. The van der Waals surface area contributed by atoms with E-state index in [0.29, 0.717) is 6.04 Å². The van der Waals surface area contributed by atoms with Crippen LogP contribution in [0.1, 0.15) is 62.1 Å². The Morgan fingerprint density at radius 1 is 1.29 bits per heavy atom. The maximum atomic E-state index is 5.90. The van der Waals surface area contributed by atoms with Gasteiger partial charge in [0.25, 0.3) is 0 Å². The molecule has 1 atom stereocenters. The van der Waals surface area contributed by atoms with Gasteiger partial charge >= 0.3 is 0 Å². The first kappa shape index (κ1) is 15.4. The molecule has 0 bridgehead atoms. The molecule has 0 aromatic heterocycles. The van der Waals surface area contributed by atoms with E-state index in [0.717, 1.165) is 24.7 Å². The Balaban J connectivity index is 1.71. The van der Waals surface area contributed by atoms with Gasteiger partial charge in [-0.3, -0.25) is 0 Å². The second-order valence-electron chi connectivity index (χ2n) is 6.50. The molecular weight excluding hydrogens is 326 g/mol. The maximum absolute atomic E-state index is 5.90. The molecule has 1 aliphatic carbocycles. The third-order valence-corrected chi connectivity index (χ3v) is 5.55. The summed E-state index contributed by atoms with van der Waals surface area (Å²) in [7, 11) is 2.08. The normalized spacial score (nSPS) is 20.1. The van der Waals surface area contributed by atoms with Crippen LogP contribution in [0.5, 0.6) is 5.75 Å². The lowest BCUT2D eigenvalue weighted by Crippen LogP contribution is -2.19. The standard InChI is InChI=1S/C18H26BrNO/c1-20-17(8-7-13-5-3-2-4-6-13)16-12-15(19)11-14-9-10-21-18(14)16/h11-13,17,20H,2-10H2,1H3. The number of ether oxygens (including phenoxy) is 1. The van der Waals surface area contributed by atoms with Crippen molar-refractivity contribution < 1.29 is 4.74 Å². The average molecular weight is 352 g/mol. The van der Waals surface area contributed by atoms with Gasteiger partial charge in [-0.1, -0.05) is 48.0 Å². The first-order valence-corrected chi connectivity index (χ1v) is 9.19. The number of benzene rings is 1. The molecule has 1 fully saturated rings. The van der Waals surface area contributed by atoms with Crippen LogP contribution in [0.4, 0.5) is 0 Å². The van der Waals surface area contributed by atoms with Gasteiger partial charge in [0, 0.05) is 22.5 Å². The first-order valence-electron chi connectivity index (χ1n) is 8.40. The van der Waals surface area contributed by atoms with E-state index in [1.54, 1.807) is 0 Å². The molecule has 0 radical (unpaired) electrons. The van der Waals surface area contributed by atoms with Gasteiger partial charge in [0.05, 0.1) is 6.61 Å². The van der Waals surface area contributed by atoms with Crippen LogP contribution in [-0.2, 0) is 6.42 Å². The molecule has 1 unspecified atom stereocenters. The van der Waals surface area contributed by atoms with E-state index in [2.05, 4.69) is 40.4 Å². The third kappa shape index (κ3) is 3.62. The van der Waals surface area contributed by atoms with Crippen molar-refractivity contribution in [3.05, 3.63) is 27.7 Å². The van der Waals surface area contributed by atoms with Gasteiger partial charge in [-0.05, 0) is 43.5 Å². The molecule has 1 saturated carbocycles. The second kappa shape index (κ2) is 7.15. The minimum absolute atomic E-state index is 0.413. The Hall–Kier alpha value is -0.540. The molecule has 21 heavy (non-hydrogen) atoms. The molecule has 116 valence electrons. The van der Waals surface area contributed by atoms with Crippen molar-refractivity contribution >= 4 is 15.9 Å². The number of rotatable bonds is 5. The highest BCUT2D eigenvalue weighted by Gasteiger charge is 2.23. The quantitative estimate of drug-likeness (QED) is 0.805. The Morgan fingerprint density at radius 3 is 2.86 bits per heavy atom. The molecule has 1 aromatic carbocycles. The molecule has 0 amide bonds. The second-order valence-corrected chi connectivity index (χ2v) is 7.42. The Labute approximate surface area is 136 Å². The monoisotopic (exact) mass is 351 g/mol. The van der Waals surface area contributed by atoms with Crippen LogP contribution in [0, 0.1) is 5.92 Å². The number of hydrogen-bond acceptors (Lipinski definition) is 2. The van der Waals surface area contributed by atoms with E-state index in [9.17, 15) is 0 Å². The van der Waals surface area contributed by atoms with Gasteiger partial charge in [-0.2, -0.15) is 0 Å². The molecule has 2 nitrogen and oxygen atoms in total. The van der Waals surface area contributed by atoms with Gasteiger partial charge < -0.3 is 10.1 Å². The number of fused-ring (bicyclic) bond motifs is 1. The molecule has 0 saturated heterocycles. The Kier molecular flexibility index (Phi) is 5.23. The fourth-order valence-corrected chi connectivity index (χ4v) is 4.41. The van der Waals surface area contributed by atoms with Crippen LogP contribution >= 0.6 is 15.9 Å². The van der Waals surface area contributed by atoms with E-state index < -0.39 is 0 Å². The lowest BCUT2D eigenvalue weighted by atomic mass is 9.84. The SMILES string of the molecule is CNC(CCC1CCCCC1)c1cc(Br)cc2c1OCC2. The van der Waals surface area contributed by atoms with Crippen LogP contribution in [0.15, 0.2) is 16.6 Å². The van der Waals surface area contributed by atoms with Gasteiger partial charge in [0.2, 0.25) is 0 Å². The summed E-state index contributed by atoms with van der Waals surface area (Å²) in [6.45, 7) is 0.831. The van der Waals surface area contributed by atoms with Crippen molar-refractivity contribution in [2.75, 3.05) is 13.7 Å². The van der Waals surface area contributed by atoms with Gasteiger partial charge in [-0.25, -0.2) is 0 Å². The van der Waals surface area contributed by atoms with Gasteiger partial charge in [0.1, 0.15) is 5.75 Å². The lowest BCUT2D eigenvalue weighted by Gasteiger charge is -2.25. The predicted octanol–water partition coefficient (Wildman–Crippen LogP) is 5.01. The van der Waals surface area contributed by atoms with Crippen molar-refractivity contribution in [2.45, 2.75) is 57.4 Å². The van der Waals surface area contributed by atoms with Crippen molar-refractivity contribution in [1.29, 1.82) is 0 Å². The summed E-state index contributed by atoms with van der Waals surface area (Å²) in [6, 6.07) is 4.86. The maximum Gasteiger partial charge on any atom is 0.127 e. The van der Waals surface area contributed by atoms with Crippen LogP contribution in [0.2, 0.25) is 0 Å². The summed E-state index contributed by atoms with van der Waals surface area (Å²) in [5.41, 5.74) is 2.70. The fraction of sp³-hybridized carbons (Fsp3) is 0.667. The minimum atomic E-state index is 0.413. The summed E-state index contributed by atoms with van der Waals surface area (Å²) in [5.74, 6) is 2.08. The number of hydrogen-bond donors (Lipinski definition) is 1. The van der Waals surface area contributed by atoms with Crippen LogP contribution in [0.25, 0.3) is 0 Å². The van der Waals surface area contributed by atoms with Crippen molar-refractivity contribution in [1.82, 2.24) is 5.32 Å². The number of nitrogens with one attached hydrogen (secondary N) is 1. The van der Waals surface area contributed by atoms with Gasteiger partial charge in [-0.15, -0.1) is 0 Å². The average Bonchev–Trinajstić information content (AvgIpc) is 2.97.